The summed E-state index contributed by atoms with van der Waals surface area (Å²) in [6.07, 6.45) is 12.6. The SMILES string of the molecule is CCC(/C=C/C1=[N+](CCCCCC(=O)O)c2ccc(S(=O)(=O)[O-])cc2C1(C)C)=C\C=C1\N(CCCCCC(=O)O)c2ccc(S(=O)(=O)[O-])cc2C1(C)C.[Na+]. The van der Waals surface area contributed by atoms with Crippen LogP contribution in [0.4, 0.5) is 11.4 Å². The molecular formula is C39H49N2NaO10S2. The second-order valence-corrected chi connectivity index (χ2v) is 17.4. The van der Waals surface area contributed by atoms with E-state index in [1.807, 2.05) is 58.9 Å². The van der Waals surface area contributed by atoms with Crippen molar-refractivity contribution in [1.29, 1.82) is 0 Å². The van der Waals surface area contributed by atoms with Crippen molar-refractivity contribution in [1.82, 2.24) is 0 Å². The summed E-state index contributed by atoms with van der Waals surface area (Å²) < 4.78 is 73.7. The number of aliphatic carboxylic acids is 2. The predicted molar refractivity (Wildman–Crippen MR) is 200 cm³/mol. The summed E-state index contributed by atoms with van der Waals surface area (Å²) >= 11 is 0. The maximum Gasteiger partial charge on any atom is 1.00 e. The van der Waals surface area contributed by atoms with Gasteiger partial charge in [0.05, 0.1) is 15.2 Å². The zero-order valence-corrected chi connectivity index (χ0v) is 35.6. The van der Waals surface area contributed by atoms with Crippen LogP contribution in [0.2, 0.25) is 0 Å². The van der Waals surface area contributed by atoms with Gasteiger partial charge in [-0.1, -0.05) is 39.3 Å². The minimum absolute atomic E-state index is 0. The first-order chi connectivity index (χ1) is 24.7. The Kier molecular flexibility index (Phi) is 15.3. The van der Waals surface area contributed by atoms with Crippen LogP contribution < -0.4 is 34.5 Å². The topological polar surface area (TPSA) is 195 Å². The van der Waals surface area contributed by atoms with Gasteiger partial charge in [0.15, 0.2) is 5.71 Å². The Bertz CT molecular complexity index is 2100. The number of hydrogen-bond acceptors (Lipinski definition) is 9. The molecule has 0 atom stereocenters. The van der Waals surface area contributed by atoms with Crippen LogP contribution in [0.1, 0.15) is 104 Å². The first kappa shape index (κ1) is 45.3. The molecule has 0 saturated heterocycles. The number of fused-ring (bicyclic) bond motifs is 2. The molecule has 0 aliphatic carbocycles. The Hall–Kier alpha value is -3.11. The number of benzene rings is 2. The van der Waals surface area contributed by atoms with Gasteiger partial charge in [-0.2, -0.15) is 4.58 Å². The molecule has 54 heavy (non-hydrogen) atoms. The van der Waals surface area contributed by atoms with Crippen molar-refractivity contribution in [2.75, 3.05) is 18.0 Å². The average Bonchev–Trinajstić information content (AvgIpc) is 3.41. The third kappa shape index (κ3) is 10.6. The fraction of sp³-hybridized carbons (Fsp3) is 0.462. The quantitative estimate of drug-likeness (QED) is 0.0734. The Balaban J connectivity index is 0.00000784. The van der Waals surface area contributed by atoms with E-state index < -0.39 is 43.0 Å². The molecule has 2 aromatic carbocycles. The second-order valence-electron chi connectivity index (χ2n) is 14.6. The molecule has 4 rings (SSSR count). The molecule has 0 radical (unpaired) electrons. The smallest absolute Gasteiger partial charge is 0.744 e. The Morgan fingerprint density at radius 2 is 1.35 bits per heavy atom. The van der Waals surface area contributed by atoms with E-state index in [2.05, 4.69) is 9.48 Å². The van der Waals surface area contributed by atoms with Gasteiger partial charge in [-0.3, -0.25) is 9.59 Å². The zero-order valence-electron chi connectivity index (χ0n) is 31.9. The molecule has 12 nitrogen and oxygen atoms in total. The third-order valence-corrected chi connectivity index (χ3v) is 11.8. The van der Waals surface area contributed by atoms with E-state index in [1.165, 1.54) is 24.3 Å². The van der Waals surface area contributed by atoms with Gasteiger partial charge in [0.25, 0.3) is 0 Å². The van der Waals surface area contributed by atoms with Gasteiger partial charge in [0.2, 0.25) is 5.69 Å². The molecular weight excluding hydrogens is 744 g/mol. The molecule has 0 bridgehead atoms. The number of rotatable bonds is 18. The summed E-state index contributed by atoms with van der Waals surface area (Å²) in [5.74, 6) is -1.70. The average molecular weight is 793 g/mol. The summed E-state index contributed by atoms with van der Waals surface area (Å²) in [7, 11) is -9.37. The molecule has 288 valence electrons. The van der Waals surface area contributed by atoms with Crippen molar-refractivity contribution in [3.05, 3.63) is 83.1 Å². The van der Waals surface area contributed by atoms with E-state index in [9.17, 15) is 35.5 Å². The van der Waals surface area contributed by atoms with Gasteiger partial charge in [-0.05, 0) is 93.5 Å². The standard InChI is InChI=1S/C39H50N2O10S2.Na/c1-6-27(15-21-34-38(2,3)30-25-28(52(46,47)48)17-19-32(30)40(34)23-11-7-9-13-36(42)43)16-22-35-39(4,5)31-26-29(53(49,50)51)18-20-33(31)41(35)24-12-8-10-14-37(44)45;/h15-22,25-26H,6-14,23-24H2,1-5H3,(H3-,42,43,44,45,46,47,48,49,50,51);/q;+1/p-1. The molecule has 0 spiro atoms. The largest absolute Gasteiger partial charge is 1.00 e. The second kappa shape index (κ2) is 18.2. The van der Waals surface area contributed by atoms with Crippen LogP contribution in [-0.4, -0.2) is 71.5 Å². The van der Waals surface area contributed by atoms with Crippen LogP contribution in [0.25, 0.3) is 0 Å². The predicted octanol–water partition coefficient (Wildman–Crippen LogP) is 3.74. The molecule has 2 aliphatic heterocycles. The van der Waals surface area contributed by atoms with Gasteiger partial charge in [0.1, 0.15) is 26.8 Å². The monoisotopic (exact) mass is 792 g/mol. The Morgan fingerprint density at radius 1 is 0.796 bits per heavy atom. The summed E-state index contributed by atoms with van der Waals surface area (Å²) in [6.45, 7) is 11.0. The Labute approximate surface area is 341 Å². The summed E-state index contributed by atoms with van der Waals surface area (Å²) in [5, 5.41) is 18.1. The van der Waals surface area contributed by atoms with Gasteiger partial charge in [0, 0.05) is 60.3 Å². The van der Waals surface area contributed by atoms with E-state index in [-0.39, 0.29) is 52.2 Å². The summed E-state index contributed by atoms with van der Waals surface area (Å²) in [5.41, 5.74) is 4.37. The molecule has 2 N–H and O–H groups in total. The number of carbonyl (C=O) groups is 2. The number of hydrogen-bond donors (Lipinski definition) is 2. The number of carboxylic acids is 2. The number of nitrogens with zero attached hydrogens (tertiary/aromatic N) is 2. The van der Waals surface area contributed by atoms with Crippen LogP contribution in [-0.2, 0) is 40.7 Å². The van der Waals surface area contributed by atoms with Gasteiger partial charge in [-0.15, -0.1) is 0 Å². The van der Waals surface area contributed by atoms with Gasteiger partial charge in [-0.25, -0.2) is 16.8 Å². The van der Waals surface area contributed by atoms with Crippen molar-refractivity contribution >= 4 is 49.3 Å². The molecule has 15 heteroatoms. The maximum absolute atomic E-state index is 11.9. The Morgan fingerprint density at radius 3 is 1.91 bits per heavy atom. The van der Waals surface area contributed by atoms with Crippen molar-refractivity contribution in [3.8, 4) is 0 Å². The number of unbranched alkanes of at least 4 members (excludes halogenated alkanes) is 4. The number of anilines is 1. The van der Waals surface area contributed by atoms with Crippen molar-refractivity contribution in [2.45, 2.75) is 113 Å². The van der Waals surface area contributed by atoms with Crippen LogP contribution in [0.15, 0.2) is 81.8 Å². The molecule has 2 heterocycles. The number of allylic oxidation sites excluding steroid dienone is 6. The van der Waals surface area contributed by atoms with Gasteiger partial charge < -0.3 is 24.2 Å². The first-order valence-electron chi connectivity index (χ1n) is 17.9. The van der Waals surface area contributed by atoms with E-state index >= 15 is 0 Å². The number of carboxylic acid groups (broad SMARTS) is 2. The first-order valence-corrected chi connectivity index (χ1v) is 20.7. The van der Waals surface area contributed by atoms with E-state index in [4.69, 9.17) is 10.2 Å². The fourth-order valence-electron chi connectivity index (χ4n) is 7.21. The van der Waals surface area contributed by atoms with Crippen LogP contribution in [0, 0.1) is 0 Å². The molecule has 0 fully saturated rings. The molecule has 0 unspecified atom stereocenters. The summed E-state index contributed by atoms with van der Waals surface area (Å²) in [4.78, 5) is 23.6. The minimum atomic E-state index is -4.68. The molecule has 0 amide bonds. The molecule has 0 aromatic heterocycles. The van der Waals surface area contributed by atoms with E-state index in [0.717, 1.165) is 28.4 Å². The fourth-order valence-corrected chi connectivity index (χ4v) is 8.20. The van der Waals surface area contributed by atoms with E-state index in [0.29, 0.717) is 69.2 Å². The molecule has 2 aliphatic rings. The maximum atomic E-state index is 11.9. The van der Waals surface area contributed by atoms with Crippen molar-refractivity contribution < 1.29 is 79.9 Å². The van der Waals surface area contributed by atoms with E-state index in [1.54, 1.807) is 12.1 Å². The van der Waals surface area contributed by atoms with Crippen LogP contribution >= 0.6 is 0 Å². The van der Waals surface area contributed by atoms with Crippen molar-refractivity contribution in [3.63, 3.8) is 0 Å². The molecule has 2 aromatic rings. The van der Waals surface area contributed by atoms with Crippen LogP contribution in [0.3, 0.4) is 0 Å². The van der Waals surface area contributed by atoms with Crippen molar-refractivity contribution in [2.24, 2.45) is 0 Å². The van der Waals surface area contributed by atoms with Gasteiger partial charge >= 0.3 is 41.5 Å². The normalized spacial score (nSPS) is 17.2. The zero-order chi connectivity index (χ0) is 39.4. The molecule has 0 saturated carbocycles. The van der Waals surface area contributed by atoms with Crippen LogP contribution in [0.5, 0.6) is 0 Å². The minimum Gasteiger partial charge on any atom is -0.744 e. The summed E-state index contributed by atoms with van der Waals surface area (Å²) in [6, 6.07) is 8.83. The third-order valence-electron chi connectivity index (χ3n) is 10.2.